The summed E-state index contributed by atoms with van der Waals surface area (Å²) in [4.78, 5) is 2.93. The normalized spacial score (nSPS) is 15.8. The van der Waals surface area contributed by atoms with Gasteiger partial charge in [0.2, 0.25) is 0 Å². The van der Waals surface area contributed by atoms with Crippen molar-refractivity contribution in [3.63, 3.8) is 0 Å². The summed E-state index contributed by atoms with van der Waals surface area (Å²) in [6.45, 7) is 4.06. The zero-order valence-electron chi connectivity index (χ0n) is 12.5. The first-order chi connectivity index (χ1) is 9.59. The van der Waals surface area contributed by atoms with Gasteiger partial charge in [0.25, 0.3) is 0 Å². The van der Waals surface area contributed by atoms with Gasteiger partial charge in [-0.05, 0) is 38.4 Å². The molecular weight excluding hydrogens is 266 g/mol. The maximum absolute atomic E-state index is 5.80. The smallest absolute Gasteiger partial charge is 0.106 e. The van der Waals surface area contributed by atoms with Crippen molar-refractivity contribution in [3.05, 3.63) is 29.3 Å². The lowest BCUT2D eigenvalue weighted by Gasteiger charge is -2.24. The van der Waals surface area contributed by atoms with Crippen molar-refractivity contribution in [1.82, 2.24) is 4.90 Å². The van der Waals surface area contributed by atoms with Crippen molar-refractivity contribution in [2.24, 2.45) is 5.73 Å². The number of hydrogen-bond acceptors (Lipinski definition) is 3. The molecule has 1 aliphatic rings. The highest BCUT2D eigenvalue weighted by molar-refractivity contribution is 7.80. The van der Waals surface area contributed by atoms with Crippen LogP contribution in [0.25, 0.3) is 0 Å². The van der Waals surface area contributed by atoms with E-state index in [1.807, 2.05) is 12.1 Å². The van der Waals surface area contributed by atoms with Crippen LogP contribution in [0.4, 0.5) is 5.69 Å². The predicted octanol–water partition coefficient (Wildman–Crippen LogP) is 2.92. The average molecular weight is 291 g/mol. The van der Waals surface area contributed by atoms with Crippen LogP contribution in [0, 0.1) is 6.92 Å². The molecule has 1 saturated carbocycles. The van der Waals surface area contributed by atoms with E-state index in [0.717, 1.165) is 30.4 Å². The van der Waals surface area contributed by atoms with Crippen molar-refractivity contribution in [2.45, 2.75) is 38.6 Å². The lowest BCUT2D eigenvalue weighted by Crippen LogP contribution is -2.33. The highest BCUT2D eigenvalue weighted by Gasteiger charge is 2.19. The van der Waals surface area contributed by atoms with Gasteiger partial charge in [-0.3, -0.25) is 0 Å². The molecule has 0 radical (unpaired) electrons. The van der Waals surface area contributed by atoms with E-state index >= 15 is 0 Å². The van der Waals surface area contributed by atoms with Crippen LogP contribution >= 0.6 is 12.2 Å². The van der Waals surface area contributed by atoms with Crippen molar-refractivity contribution >= 4 is 22.9 Å². The summed E-state index contributed by atoms with van der Waals surface area (Å²) in [5, 5.41) is 3.51. The summed E-state index contributed by atoms with van der Waals surface area (Å²) >= 11 is 5.13. The van der Waals surface area contributed by atoms with E-state index in [9.17, 15) is 0 Å². The van der Waals surface area contributed by atoms with Gasteiger partial charge in [-0.2, -0.15) is 0 Å². The van der Waals surface area contributed by atoms with Gasteiger partial charge in [0.05, 0.1) is 0 Å². The molecule has 2 rings (SSSR count). The summed E-state index contributed by atoms with van der Waals surface area (Å²) in [6.07, 6.45) is 5.45. The minimum Gasteiger partial charge on any atom is -0.389 e. The SMILES string of the molecule is Cc1cccc(C(N)=S)c1NCCN(C)C1CCCC1. The van der Waals surface area contributed by atoms with Crippen LogP contribution in [0.1, 0.15) is 36.8 Å². The molecule has 0 heterocycles. The first kappa shape index (κ1) is 15.3. The van der Waals surface area contributed by atoms with E-state index in [2.05, 4.69) is 30.3 Å². The quantitative estimate of drug-likeness (QED) is 0.791. The van der Waals surface area contributed by atoms with E-state index in [1.54, 1.807) is 0 Å². The number of thiocarbonyl (C=S) groups is 1. The second-order valence-corrected chi connectivity index (χ2v) is 6.15. The number of para-hydroxylation sites is 1. The summed E-state index contributed by atoms with van der Waals surface area (Å²) in [5.74, 6) is 0. The van der Waals surface area contributed by atoms with Crippen molar-refractivity contribution in [2.75, 3.05) is 25.5 Å². The number of nitrogens with two attached hydrogens (primary N) is 1. The second-order valence-electron chi connectivity index (χ2n) is 5.71. The largest absolute Gasteiger partial charge is 0.389 e. The fourth-order valence-corrected chi connectivity index (χ4v) is 3.16. The molecule has 20 heavy (non-hydrogen) atoms. The van der Waals surface area contributed by atoms with Crippen LogP contribution in [0.15, 0.2) is 18.2 Å². The zero-order valence-corrected chi connectivity index (χ0v) is 13.3. The Labute approximate surface area is 127 Å². The molecule has 110 valence electrons. The summed E-state index contributed by atoms with van der Waals surface area (Å²) in [5.41, 5.74) is 9.02. The van der Waals surface area contributed by atoms with Gasteiger partial charge in [0.15, 0.2) is 0 Å². The number of aryl methyl sites for hydroxylation is 1. The van der Waals surface area contributed by atoms with Crippen LogP contribution < -0.4 is 11.1 Å². The standard InChI is InChI=1S/C16H25N3S/c1-12-6-5-9-14(16(17)20)15(12)18-10-11-19(2)13-7-3-4-8-13/h5-6,9,13,18H,3-4,7-8,10-11H2,1-2H3,(H2,17,20). The second kappa shape index (κ2) is 7.04. The Hall–Kier alpha value is -1.13. The van der Waals surface area contributed by atoms with Crippen molar-refractivity contribution in [3.8, 4) is 0 Å². The molecule has 0 saturated heterocycles. The first-order valence-electron chi connectivity index (χ1n) is 7.43. The molecule has 0 bridgehead atoms. The van der Waals surface area contributed by atoms with Crippen LogP contribution in [-0.4, -0.2) is 36.1 Å². The van der Waals surface area contributed by atoms with E-state index in [1.165, 1.54) is 31.2 Å². The summed E-state index contributed by atoms with van der Waals surface area (Å²) in [7, 11) is 2.23. The maximum atomic E-state index is 5.80. The number of benzene rings is 1. The fraction of sp³-hybridized carbons (Fsp3) is 0.562. The number of rotatable bonds is 6. The number of hydrogen-bond donors (Lipinski definition) is 2. The molecule has 0 unspecified atom stereocenters. The molecule has 3 N–H and O–H groups in total. The molecule has 3 nitrogen and oxygen atoms in total. The minimum absolute atomic E-state index is 0.459. The van der Waals surface area contributed by atoms with E-state index < -0.39 is 0 Å². The van der Waals surface area contributed by atoms with Crippen LogP contribution in [0.3, 0.4) is 0 Å². The zero-order chi connectivity index (χ0) is 14.5. The van der Waals surface area contributed by atoms with Gasteiger partial charge >= 0.3 is 0 Å². The molecule has 0 amide bonds. The molecule has 1 aromatic carbocycles. The van der Waals surface area contributed by atoms with Gasteiger partial charge in [-0.1, -0.05) is 37.2 Å². The monoisotopic (exact) mass is 291 g/mol. The first-order valence-corrected chi connectivity index (χ1v) is 7.84. The van der Waals surface area contributed by atoms with E-state index in [4.69, 9.17) is 18.0 Å². The van der Waals surface area contributed by atoms with Crippen molar-refractivity contribution in [1.29, 1.82) is 0 Å². The molecule has 1 aromatic rings. The summed E-state index contributed by atoms with van der Waals surface area (Å²) < 4.78 is 0. The number of nitrogens with zero attached hydrogens (tertiary/aromatic N) is 1. The number of likely N-dealkylation sites (N-methyl/N-ethyl adjacent to an activating group) is 1. The predicted molar refractivity (Wildman–Crippen MR) is 90.4 cm³/mol. The molecular formula is C16H25N3S. The van der Waals surface area contributed by atoms with Crippen molar-refractivity contribution < 1.29 is 0 Å². The highest BCUT2D eigenvalue weighted by atomic mass is 32.1. The Morgan fingerprint density at radius 2 is 2.10 bits per heavy atom. The van der Waals surface area contributed by atoms with Gasteiger partial charge in [-0.25, -0.2) is 0 Å². The molecule has 0 spiro atoms. The van der Waals surface area contributed by atoms with Gasteiger partial charge in [-0.15, -0.1) is 0 Å². The highest BCUT2D eigenvalue weighted by Crippen LogP contribution is 2.23. The Bertz CT molecular complexity index is 467. The van der Waals surface area contributed by atoms with Crippen LogP contribution in [0.5, 0.6) is 0 Å². The molecule has 0 atom stereocenters. The molecule has 0 aromatic heterocycles. The molecule has 4 heteroatoms. The van der Waals surface area contributed by atoms with Crippen LogP contribution in [-0.2, 0) is 0 Å². The Kier molecular flexibility index (Phi) is 5.38. The Balaban J connectivity index is 1.92. The third-order valence-electron chi connectivity index (χ3n) is 4.25. The topological polar surface area (TPSA) is 41.3 Å². The van der Waals surface area contributed by atoms with Crippen LogP contribution in [0.2, 0.25) is 0 Å². The molecule has 0 aliphatic heterocycles. The molecule has 1 fully saturated rings. The molecule has 1 aliphatic carbocycles. The Morgan fingerprint density at radius 3 is 2.75 bits per heavy atom. The number of anilines is 1. The van der Waals surface area contributed by atoms with E-state index in [0.29, 0.717) is 4.99 Å². The minimum atomic E-state index is 0.459. The third-order valence-corrected chi connectivity index (χ3v) is 4.47. The fourth-order valence-electron chi connectivity index (χ4n) is 2.99. The lowest BCUT2D eigenvalue weighted by atomic mass is 10.1. The number of nitrogens with one attached hydrogen (secondary N) is 1. The van der Waals surface area contributed by atoms with Gasteiger partial charge < -0.3 is 16.0 Å². The van der Waals surface area contributed by atoms with Gasteiger partial charge in [0, 0.05) is 30.4 Å². The lowest BCUT2D eigenvalue weighted by molar-refractivity contribution is 0.254. The maximum Gasteiger partial charge on any atom is 0.106 e. The van der Waals surface area contributed by atoms with Gasteiger partial charge in [0.1, 0.15) is 4.99 Å². The third kappa shape index (κ3) is 3.70. The summed E-state index contributed by atoms with van der Waals surface area (Å²) in [6, 6.07) is 6.84. The Morgan fingerprint density at radius 1 is 1.40 bits per heavy atom. The average Bonchev–Trinajstić information content (AvgIpc) is 2.94. The van der Waals surface area contributed by atoms with E-state index in [-0.39, 0.29) is 0 Å².